The molecule has 1 aliphatic heterocycles. The number of ether oxygens (including phenoxy) is 1. The molecular weight excluding hydrogens is 338 g/mol. The van der Waals surface area contributed by atoms with Crippen LogP contribution in [0.2, 0.25) is 0 Å². The van der Waals surface area contributed by atoms with Gasteiger partial charge in [0.15, 0.2) is 5.96 Å². The third-order valence-corrected chi connectivity index (χ3v) is 4.60. The van der Waals surface area contributed by atoms with E-state index in [4.69, 9.17) is 4.74 Å². The van der Waals surface area contributed by atoms with Gasteiger partial charge in [0.2, 0.25) is 0 Å². The Hall–Kier alpha value is -2.76. The molecule has 2 N–H and O–H groups in total. The summed E-state index contributed by atoms with van der Waals surface area (Å²) in [6, 6.07) is 12.3. The van der Waals surface area contributed by atoms with E-state index in [-0.39, 0.29) is 0 Å². The fourth-order valence-electron chi connectivity index (χ4n) is 3.12. The lowest BCUT2D eigenvalue weighted by molar-refractivity contribution is 0.414. The molecule has 2 heterocycles. The standard InChI is InChI=1S/C21H29N5O/c1-3-22-21(24-14-17-7-6-8-19(13-17)27-2)25-16-18-9-10-20(23-15-18)26-11-4-5-12-26/h6-10,13,15H,3-5,11-12,14,16H2,1-2H3,(H2,22,24,25). The normalized spacial score (nSPS) is 14.3. The molecular formula is C21H29N5O. The topological polar surface area (TPSA) is 61.8 Å². The lowest BCUT2D eigenvalue weighted by Crippen LogP contribution is -2.36. The van der Waals surface area contributed by atoms with E-state index >= 15 is 0 Å². The van der Waals surface area contributed by atoms with Crippen LogP contribution in [0.4, 0.5) is 5.82 Å². The third-order valence-electron chi connectivity index (χ3n) is 4.60. The van der Waals surface area contributed by atoms with Gasteiger partial charge in [0.1, 0.15) is 11.6 Å². The van der Waals surface area contributed by atoms with Crippen molar-refractivity contribution >= 4 is 11.8 Å². The van der Waals surface area contributed by atoms with Crippen molar-refractivity contribution in [3.8, 4) is 5.75 Å². The zero-order chi connectivity index (χ0) is 18.9. The first kappa shape index (κ1) is 19.0. The van der Waals surface area contributed by atoms with Gasteiger partial charge in [-0.1, -0.05) is 18.2 Å². The Morgan fingerprint density at radius 3 is 2.70 bits per heavy atom. The van der Waals surface area contributed by atoms with Gasteiger partial charge in [0.05, 0.1) is 13.7 Å². The molecule has 0 atom stereocenters. The Morgan fingerprint density at radius 1 is 1.15 bits per heavy atom. The number of hydrogen-bond acceptors (Lipinski definition) is 4. The maximum absolute atomic E-state index is 5.28. The van der Waals surface area contributed by atoms with Crippen LogP contribution in [0.1, 0.15) is 30.9 Å². The quantitative estimate of drug-likeness (QED) is 0.582. The van der Waals surface area contributed by atoms with Crippen LogP contribution in [0.5, 0.6) is 5.75 Å². The van der Waals surface area contributed by atoms with Crippen molar-refractivity contribution in [1.82, 2.24) is 15.6 Å². The number of guanidine groups is 1. The molecule has 1 aliphatic rings. The molecule has 6 heteroatoms. The van der Waals surface area contributed by atoms with Crippen LogP contribution < -0.4 is 20.3 Å². The minimum Gasteiger partial charge on any atom is -0.497 e. The summed E-state index contributed by atoms with van der Waals surface area (Å²) >= 11 is 0. The molecule has 3 rings (SSSR count). The second-order valence-electron chi connectivity index (χ2n) is 6.62. The van der Waals surface area contributed by atoms with Gasteiger partial charge in [0.25, 0.3) is 0 Å². The highest BCUT2D eigenvalue weighted by Gasteiger charge is 2.12. The molecule has 2 aromatic rings. The lowest BCUT2D eigenvalue weighted by Gasteiger charge is -2.16. The van der Waals surface area contributed by atoms with Crippen LogP contribution in [0.15, 0.2) is 47.6 Å². The maximum Gasteiger partial charge on any atom is 0.191 e. The first-order valence-corrected chi connectivity index (χ1v) is 9.63. The van der Waals surface area contributed by atoms with E-state index in [9.17, 15) is 0 Å². The van der Waals surface area contributed by atoms with Crippen molar-refractivity contribution in [3.05, 3.63) is 53.7 Å². The predicted octanol–water partition coefficient (Wildman–Crippen LogP) is 2.95. The molecule has 0 amide bonds. The second-order valence-corrected chi connectivity index (χ2v) is 6.62. The number of pyridine rings is 1. The van der Waals surface area contributed by atoms with Gasteiger partial charge in [0, 0.05) is 32.4 Å². The molecule has 27 heavy (non-hydrogen) atoms. The largest absolute Gasteiger partial charge is 0.497 e. The van der Waals surface area contributed by atoms with Gasteiger partial charge in [-0.3, -0.25) is 0 Å². The number of benzene rings is 1. The fraction of sp³-hybridized carbons (Fsp3) is 0.429. The van der Waals surface area contributed by atoms with Crippen LogP contribution in [-0.4, -0.2) is 37.7 Å². The number of aliphatic imine (C=N–C) groups is 1. The van der Waals surface area contributed by atoms with Gasteiger partial charge in [-0.05, 0) is 49.1 Å². The molecule has 1 fully saturated rings. The van der Waals surface area contributed by atoms with E-state index in [0.717, 1.165) is 48.3 Å². The van der Waals surface area contributed by atoms with Crippen molar-refractivity contribution in [2.75, 3.05) is 31.6 Å². The van der Waals surface area contributed by atoms with Crippen molar-refractivity contribution in [2.24, 2.45) is 4.99 Å². The monoisotopic (exact) mass is 367 g/mol. The Bertz CT molecular complexity index is 738. The first-order chi connectivity index (χ1) is 13.3. The summed E-state index contributed by atoms with van der Waals surface area (Å²) in [5, 5.41) is 6.66. The summed E-state index contributed by atoms with van der Waals surface area (Å²) in [5.41, 5.74) is 2.26. The minimum absolute atomic E-state index is 0.598. The summed E-state index contributed by atoms with van der Waals surface area (Å²) in [4.78, 5) is 11.6. The first-order valence-electron chi connectivity index (χ1n) is 9.63. The van der Waals surface area contributed by atoms with Gasteiger partial charge in [-0.15, -0.1) is 0 Å². The molecule has 0 bridgehead atoms. The Balaban J connectivity index is 1.57. The molecule has 0 aliphatic carbocycles. The number of nitrogens with one attached hydrogen (secondary N) is 2. The van der Waals surface area contributed by atoms with Crippen LogP contribution in [-0.2, 0) is 13.1 Å². The predicted molar refractivity (Wildman–Crippen MR) is 110 cm³/mol. The summed E-state index contributed by atoms with van der Waals surface area (Å²) in [7, 11) is 1.68. The molecule has 1 aromatic heterocycles. The highest BCUT2D eigenvalue weighted by Crippen LogP contribution is 2.17. The van der Waals surface area contributed by atoms with E-state index in [0.29, 0.717) is 13.1 Å². The molecule has 144 valence electrons. The summed E-state index contributed by atoms with van der Waals surface area (Å²) in [6.45, 7) is 6.40. The van der Waals surface area contributed by atoms with Crippen LogP contribution in [0.25, 0.3) is 0 Å². The highest BCUT2D eigenvalue weighted by molar-refractivity contribution is 5.79. The van der Waals surface area contributed by atoms with Crippen LogP contribution >= 0.6 is 0 Å². The van der Waals surface area contributed by atoms with Gasteiger partial charge < -0.3 is 20.3 Å². The van der Waals surface area contributed by atoms with E-state index in [1.54, 1.807) is 7.11 Å². The molecule has 0 radical (unpaired) electrons. The molecule has 6 nitrogen and oxygen atoms in total. The van der Waals surface area contributed by atoms with Gasteiger partial charge in [-0.25, -0.2) is 9.98 Å². The smallest absolute Gasteiger partial charge is 0.191 e. The third kappa shape index (κ3) is 5.61. The average Bonchev–Trinajstić information content (AvgIpc) is 3.25. The number of methoxy groups -OCH3 is 1. The summed E-state index contributed by atoms with van der Waals surface area (Å²) in [5.74, 6) is 2.73. The van der Waals surface area contributed by atoms with E-state index in [2.05, 4.69) is 50.6 Å². The summed E-state index contributed by atoms with van der Waals surface area (Å²) < 4.78 is 5.28. The SMILES string of the molecule is CCNC(=NCc1ccc(N2CCCC2)nc1)NCc1cccc(OC)c1. The molecule has 1 aromatic carbocycles. The molecule has 0 spiro atoms. The highest BCUT2D eigenvalue weighted by atomic mass is 16.5. The zero-order valence-corrected chi connectivity index (χ0v) is 16.2. The van der Waals surface area contributed by atoms with Crippen molar-refractivity contribution in [2.45, 2.75) is 32.9 Å². The lowest BCUT2D eigenvalue weighted by atomic mass is 10.2. The number of hydrogen-bond donors (Lipinski definition) is 2. The number of rotatable bonds is 7. The van der Waals surface area contributed by atoms with E-state index in [1.807, 2.05) is 24.4 Å². The molecule has 0 saturated carbocycles. The molecule has 1 saturated heterocycles. The second kappa shape index (κ2) is 9.80. The van der Waals surface area contributed by atoms with Crippen molar-refractivity contribution in [3.63, 3.8) is 0 Å². The van der Waals surface area contributed by atoms with E-state index < -0.39 is 0 Å². The maximum atomic E-state index is 5.28. The van der Waals surface area contributed by atoms with Gasteiger partial charge >= 0.3 is 0 Å². The number of anilines is 1. The Morgan fingerprint density at radius 2 is 2.00 bits per heavy atom. The Labute approximate surface area is 161 Å². The zero-order valence-electron chi connectivity index (χ0n) is 16.2. The average molecular weight is 367 g/mol. The summed E-state index contributed by atoms with van der Waals surface area (Å²) in [6.07, 6.45) is 4.46. The fourth-order valence-corrected chi connectivity index (χ4v) is 3.12. The van der Waals surface area contributed by atoms with Crippen molar-refractivity contribution in [1.29, 1.82) is 0 Å². The van der Waals surface area contributed by atoms with Crippen molar-refractivity contribution < 1.29 is 4.74 Å². The van der Waals surface area contributed by atoms with Crippen LogP contribution in [0, 0.1) is 0 Å². The number of aromatic nitrogens is 1. The Kier molecular flexibility index (Phi) is 6.90. The number of nitrogens with zero attached hydrogens (tertiary/aromatic N) is 3. The van der Waals surface area contributed by atoms with Gasteiger partial charge in [-0.2, -0.15) is 0 Å². The van der Waals surface area contributed by atoms with E-state index in [1.165, 1.54) is 12.8 Å². The van der Waals surface area contributed by atoms with Crippen LogP contribution in [0.3, 0.4) is 0 Å². The minimum atomic E-state index is 0.598. The molecule has 0 unspecified atom stereocenters.